The second-order valence-corrected chi connectivity index (χ2v) is 6.43. The predicted octanol–water partition coefficient (Wildman–Crippen LogP) is 2.70. The van der Waals surface area contributed by atoms with Crippen molar-refractivity contribution >= 4 is 28.3 Å². The van der Waals surface area contributed by atoms with Crippen molar-refractivity contribution < 1.29 is 14.3 Å². The third-order valence-electron chi connectivity index (χ3n) is 4.72. The maximum Gasteiger partial charge on any atom is 0.276 e. The first-order chi connectivity index (χ1) is 14.1. The van der Waals surface area contributed by atoms with Crippen LogP contribution in [0.1, 0.15) is 6.42 Å². The van der Waals surface area contributed by atoms with Crippen molar-refractivity contribution in [2.24, 2.45) is 0 Å². The Bertz CT molecular complexity index is 1260. The standard InChI is InChI=1S/C21H20N4O4/c1-28-17-8-7-14(13-18(17)29-2)23-19(26)9-12-25-20-15(5-3-10-22-20)24-11-4-6-16(24)21(25)27/h3-8,10-11,13H,9,12H2,1-2H3,(H,23,26). The Labute approximate surface area is 166 Å². The molecule has 0 aliphatic heterocycles. The fourth-order valence-corrected chi connectivity index (χ4v) is 3.34. The highest BCUT2D eigenvalue weighted by Crippen LogP contribution is 2.29. The molecule has 0 bridgehead atoms. The molecule has 148 valence electrons. The van der Waals surface area contributed by atoms with Crippen molar-refractivity contribution in [2.45, 2.75) is 13.0 Å². The highest BCUT2D eigenvalue weighted by molar-refractivity contribution is 5.91. The van der Waals surface area contributed by atoms with Gasteiger partial charge in [-0.1, -0.05) is 0 Å². The van der Waals surface area contributed by atoms with Gasteiger partial charge in [0, 0.05) is 37.1 Å². The van der Waals surface area contributed by atoms with Gasteiger partial charge < -0.3 is 19.2 Å². The van der Waals surface area contributed by atoms with Crippen LogP contribution in [-0.4, -0.2) is 34.1 Å². The number of carbonyl (C=O) groups excluding carboxylic acids is 1. The molecule has 4 aromatic rings. The summed E-state index contributed by atoms with van der Waals surface area (Å²) in [6, 6.07) is 12.4. The zero-order valence-electron chi connectivity index (χ0n) is 16.1. The Balaban J connectivity index is 1.57. The van der Waals surface area contributed by atoms with Gasteiger partial charge >= 0.3 is 0 Å². The second kappa shape index (κ2) is 7.67. The first-order valence-corrected chi connectivity index (χ1v) is 9.09. The SMILES string of the molecule is COc1ccc(NC(=O)CCn2c(=O)c3cccn3c3cccnc32)cc1OC. The Morgan fingerprint density at radius 3 is 2.66 bits per heavy atom. The Hall–Kier alpha value is -3.81. The molecule has 0 atom stereocenters. The van der Waals surface area contributed by atoms with Crippen molar-refractivity contribution in [2.75, 3.05) is 19.5 Å². The van der Waals surface area contributed by atoms with E-state index in [0.717, 1.165) is 5.52 Å². The van der Waals surface area contributed by atoms with E-state index in [-0.39, 0.29) is 24.4 Å². The molecule has 0 aliphatic carbocycles. The molecule has 1 N–H and O–H groups in total. The maximum absolute atomic E-state index is 12.9. The molecule has 0 aliphatic rings. The average molecular weight is 392 g/mol. The van der Waals surface area contributed by atoms with Gasteiger partial charge in [0.2, 0.25) is 5.91 Å². The van der Waals surface area contributed by atoms with Crippen molar-refractivity contribution in [3.05, 3.63) is 65.2 Å². The molecular formula is C21H20N4O4. The lowest BCUT2D eigenvalue weighted by molar-refractivity contribution is -0.116. The van der Waals surface area contributed by atoms with E-state index >= 15 is 0 Å². The smallest absolute Gasteiger partial charge is 0.276 e. The molecule has 0 unspecified atom stereocenters. The summed E-state index contributed by atoms with van der Waals surface area (Å²) in [5.74, 6) is 0.883. The molecule has 0 fully saturated rings. The maximum atomic E-state index is 12.9. The number of aromatic nitrogens is 3. The predicted molar refractivity (Wildman–Crippen MR) is 110 cm³/mol. The molecule has 0 spiro atoms. The van der Waals surface area contributed by atoms with Crippen LogP contribution in [-0.2, 0) is 11.3 Å². The van der Waals surface area contributed by atoms with Crippen LogP contribution in [0.5, 0.6) is 11.5 Å². The molecule has 8 nitrogen and oxygen atoms in total. The van der Waals surface area contributed by atoms with Gasteiger partial charge in [-0.15, -0.1) is 0 Å². The number of benzene rings is 1. The van der Waals surface area contributed by atoms with E-state index in [0.29, 0.717) is 28.4 Å². The molecule has 4 rings (SSSR count). The largest absolute Gasteiger partial charge is 0.493 e. The van der Waals surface area contributed by atoms with Crippen LogP contribution in [0.25, 0.3) is 16.7 Å². The quantitative estimate of drug-likeness (QED) is 0.545. The number of nitrogens with zero attached hydrogens (tertiary/aromatic N) is 3. The van der Waals surface area contributed by atoms with Crippen molar-refractivity contribution in [1.29, 1.82) is 0 Å². The fraction of sp³-hybridized carbons (Fsp3) is 0.190. The highest BCUT2D eigenvalue weighted by atomic mass is 16.5. The number of ether oxygens (including phenoxy) is 2. The number of anilines is 1. The van der Waals surface area contributed by atoms with Crippen LogP contribution in [0.4, 0.5) is 5.69 Å². The molecule has 29 heavy (non-hydrogen) atoms. The number of hydrogen-bond donors (Lipinski definition) is 1. The van der Waals surface area contributed by atoms with Crippen LogP contribution >= 0.6 is 0 Å². The summed E-state index contributed by atoms with van der Waals surface area (Å²) in [6.45, 7) is 0.215. The normalized spacial score (nSPS) is 11.0. The van der Waals surface area contributed by atoms with Crippen LogP contribution in [0.3, 0.4) is 0 Å². The first kappa shape index (κ1) is 18.5. The van der Waals surface area contributed by atoms with Gasteiger partial charge in [0.25, 0.3) is 5.56 Å². The second-order valence-electron chi connectivity index (χ2n) is 6.43. The molecule has 3 aromatic heterocycles. The third kappa shape index (κ3) is 3.40. The molecule has 1 amide bonds. The average Bonchev–Trinajstić information content (AvgIpc) is 3.24. The van der Waals surface area contributed by atoms with Gasteiger partial charge in [0.1, 0.15) is 5.52 Å². The van der Waals surface area contributed by atoms with Gasteiger partial charge in [-0.25, -0.2) is 4.98 Å². The lowest BCUT2D eigenvalue weighted by Gasteiger charge is -2.12. The van der Waals surface area contributed by atoms with Crippen molar-refractivity contribution in [3.63, 3.8) is 0 Å². The monoisotopic (exact) mass is 392 g/mol. The Morgan fingerprint density at radius 2 is 1.86 bits per heavy atom. The fourth-order valence-electron chi connectivity index (χ4n) is 3.34. The summed E-state index contributed by atoms with van der Waals surface area (Å²) in [7, 11) is 3.08. The molecule has 0 radical (unpaired) electrons. The highest BCUT2D eigenvalue weighted by Gasteiger charge is 2.13. The number of amides is 1. The Morgan fingerprint density at radius 1 is 1.07 bits per heavy atom. The van der Waals surface area contributed by atoms with Gasteiger partial charge in [-0.2, -0.15) is 0 Å². The minimum Gasteiger partial charge on any atom is -0.493 e. The topological polar surface area (TPSA) is 86.9 Å². The number of nitrogens with one attached hydrogen (secondary N) is 1. The zero-order chi connectivity index (χ0) is 20.4. The van der Waals surface area contributed by atoms with E-state index in [1.54, 1.807) is 42.1 Å². The Kier molecular flexibility index (Phi) is 4.90. The van der Waals surface area contributed by atoms with Gasteiger partial charge in [0.15, 0.2) is 17.1 Å². The summed E-state index contributed by atoms with van der Waals surface area (Å²) in [5, 5.41) is 2.82. The summed E-state index contributed by atoms with van der Waals surface area (Å²) in [5.41, 5.74) is 2.31. The van der Waals surface area contributed by atoms with Gasteiger partial charge in [0.05, 0.1) is 19.7 Å². The summed E-state index contributed by atoms with van der Waals surface area (Å²) < 4.78 is 13.8. The van der Waals surface area contributed by atoms with Crippen LogP contribution < -0.4 is 20.3 Å². The zero-order valence-corrected chi connectivity index (χ0v) is 16.1. The van der Waals surface area contributed by atoms with E-state index in [1.165, 1.54) is 7.11 Å². The lowest BCUT2D eigenvalue weighted by atomic mass is 10.2. The molecule has 8 heteroatoms. The van der Waals surface area contributed by atoms with Crippen molar-refractivity contribution in [3.8, 4) is 11.5 Å². The summed E-state index contributed by atoms with van der Waals surface area (Å²) in [4.78, 5) is 29.7. The van der Waals surface area contributed by atoms with E-state index in [1.807, 2.05) is 28.8 Å². The molecule has 0 saturated carbocycles. The van der Waals surface area contributed by atoms with Gasteiger partial charge in [-0.3, -0.25) is 14.2 Å². The minimum atomic E-state index is -0.219. The number of carbonyl (C=O) groups is 1. The third-order valence-corrected chi connectivity index (χ3v) is 4.72. The minimum absolute atomic E-state index is 0.122. The molecule has 0 saturated heterocycles. The number of methoxy groups -OCH3 is 2. The van der Waals surface area contributed by atoms with E-state index in [9.17, 15) is 9.59 Å². The van der Waals surface area contributed by atoms with E-state index in [4.69, 9.17) is 9.47 Å². The first-order valence-electron chi connectivity index (χ1n) is 9.09. The number of hydrogen-bond acceptors (Lipinski definition) is 5. The van der Waals surface area contributed by atoms with Crippen LogP contribution in [0.15, 0.2) is 59.7 Å². The number of rotatable bonds is 6. The molecular weight excluding hydrogens is 372 g/mol. The van der Waals surface area contributed by atoms with E-state index < -0.39 is 0 Å². The van der Waals surface area contributed by atoms with E-state index in [2.05, 4.69) is 10.3 Å². The van der Waals surface area contributed by atoms with Gasteiger partial charge in [-0.05, 0) is 36.4 Å². The van der Waals surface area contributed by atoms with Crippen LogP contribution in [0.2, 0.25) is 0 Å². The summed E-state index contributed by atoms with van der Waals surface area (Å²) >= 11 is 0. The summed E-state index contributed by atoms with van der Waals surface area (Å²) in [6.07, 6.45) is 3.59. The van der Waals surface area contributed by atoms with Crippen LogP contribution in [0, 0.1) is 0 Å². The molecule has 3 heterocycles. The van der Waals surface area contributed by atoms with Crippen molar-refractivity contribution in [1.82, 2.24) is 14.0 Å². The lowest BCUT2D eigenvalue weighted by Crippen LogP contribution is -2.25. The number of fused-ring (bicyclic) bond motifs is 3. The number of pyridine rings is 1. The number of aryl methyl sites for hydroxylation is 1. The molecule has 1 aromatic carbocycles.